The molecule has 0 radical (unpaired) electrons. The molecule has 5 heteroatoms. The quantitative estimate of drug-likeness (QED) is 0.879. The Balaban J connectivity index is 1.98. The van der Waals surface area contributed by atoms with Crippen molar-refractivity contribution >= 4 is 21.9 Å². The molecule has 1 aromatic rings. The van der Waals surface area contributed by atoms with Crippen LogP contribution in [0.3, 0.4) is 0 Å². The largest absolute Gasteiger partial charge is 0.480 e. The van der Waals surface area contributed by atoms with Gasteiger partial charge in [-0.2, -0.15) is 0 Å². The van der Waals surface area contributed by atoms with Crippen LogP contribution >= 0.6 is 15.9 Å². The van der Waals surface area contributed by atoms with Gasteiger partial charge in [0.25, 0.3) is 0 Å². The molecule has 3 nitrogen and oxygen atoms in total. The number of hydrogen-bond acceptors (Lipinski definition) is 2. The molecular formula is C12H13BrFNO2. The lowest BCUT2D eigenvalue weighted by atomic mass is 10.1. The van der Waals surface area contributed by atoms with E-state index in [1.54, 1.807) is 6.07 Å². The van der Waals surface area contributed by atoms with Crippen LogP contribution in [0.5, 0.6) is 0 Å². The maximum absolute atomic E-state index is 12.9. The van der Waals surface area contributed by atoms with Crippen LogP contribution < -0.4 is 5.32 Å². The standard InChI is InChI=1S/C12H13BrFNO2/c13-10-5-9(14)4-3-8(10)6-15-11(12(16)17)7-1-2-7/h3-5,7,11,15H,1-2,6H2,(H,16,17). The van der Waals surface area contributed by atoms with Gasteiger partial charge in [-0.15, -0.1) is 0 Å². The number of carboxylic acid groups (broad SMARTS) is 1. The average Bonchev–Trinajstić information content (AvgIpc) is 3.05. The molecule has 2 rings (SSSR count). The van der Waals surface area contributed by atoms with Crippen molar-refractivity contribution in [2.24, 2.45) is 5.92 Å². The Hall–Kier alpha value is -0.940. The van der Waals surface area contributed by atoms with Gasteiger partial charge in [0.1, 0.15) is 11.9 Å². The van der Waals surface area contributed by atoms with Gasteiger partial charge < -0.3 is 10.4 Å². The minimum atomic E-state index is -0.814. The third-order valence-corrected chi connectivity index (χ3v) is 3.63. The minimum absolute atomic E-state index is 0.242. The number of halogens is 2. The van der Waals surface area contributed by atoms with Crippen LogP contribution in [0.4, 0.5) is 4.39 Å². The van der Waals surface area contributed by atoms with Gasteiger partial charge in [-0.05, 0) is 36.5 Å². The summed E-state index contributed by atoms with van der Waals surface area (Å²) in [6.07, 6.45) is 1.93. The Morgan fingerprint density at radius 3 is 2.82 bits per heavy atom. The fourth-order valence-electron chi connectivity index (χ4n) is 1.77. The highest BCUT2D eigenvalue weighted by Crippen LogP contribution is 2.33. The molecule has 0 aromatic heterocycles. The van der Waals surface area contributed by atoms with E-state index in [-0.39, 0.29) is 11.7 Å². The van der Waals surface area contributed by atoms with Crippen molar-refractivity contribution in [1.82, 2.24) is 5.32 Å². The van der Waals surface area contributed by atoms with E-state index in [2.05, 4.69) is 21.2 Å². The summed E-state index contributed by atoms with van der Waals surface area (Å²) in [4.78, 5) is 11.0. The van der Waals surface area contributed by atoms with E-state index in [4.69, 9.17) is 5.11 Å². The molecule has 2 N–H and O–H groups in total. The van der Waals surface area contributed by atoms with Crippen LogP contribution in [0.2, 0.25) is 0 Å². The number of rotatable bonds is 5. The second-order valence-corrected chi connectivity index (χ2v) is 5.12. The first-order valence-electron chi connectivity index (χ1n) is 5.48. The molecule has 92 valence electrons. The summed E-state index contributed by atoms with van der Waals surface area (Å²) in [7, 11) is 0. The van der Waals surface area contributed by atoms with Gasteiger partial charge in [0.05, 0.1) is 0 Å². The zero-order valence-corrected chi connectivity index (χ0v) is 10.7. The van der Waals surface area contributed by atoms with E-state index in [9.17, 15) is 9.18 Å². The number of carbonyl (C=O) groups is 1. The summed E-state index contributed by atoms with van der Waals surface area (Å²) in [6, 6.07) is 3.91. The predicted octanol–water partition coefficient (Wildman–Crippen LogP) is 2.54. The second kappa shape index (κ2) is 5.14. The molecule has 17 heavy (non-hydrogen) atoms. The molecule has 0 spiro atoms. The summed E-state index contributed by atoms with van der Waals surface area (Å²) in [5, 5.41) is 12.0. The Bertz CT molecular complexity index is 435. The lowest BCUT2D eigenvalue weighted by Gasteiger charge is -2.14. The molecule has 0 saturated heterocycles. The van der Waals surface area contributed by atoms with Crippen LogP contribution in [0.25, 0.3) is 0 Å². The van der Waals surface area contributed by atoms with E-state index in [1.165, 1.54) is 12.1 Å². The van der Waals surface area contributed by atoms with Gasteiger partial charge in [0, 0.05) is 11.0 Å². The minimum Gasteiger partial charge on any atom is -0.480 e. The van der Waals surface area contributed by atoms with Crippen molar-refractivity contribution in [3.8, 4) is 0 Å². The number of hydrogen-bond donors (Lipinski definition) is 2. The fraction of sp³-hybridized carbons (Fsp3) is 0.417. The monoisotopic (exact) mass is 301 g/mol. The van der Waals surface area contributed by atoms with Gasteiger partial charge in [-0.3, -0.25) is 4.79 Å². The van der Waals surface area contributed by atoms with Gasteiger partial charge in [0.2, 0.25) is 0 Å². The van der Waals surface area contributed by atoms with Crippen LogP contribution in [0.15, 0.2) is 22.7 Å². The van der Waals surface area contributed by atoms with Crippen LogP contribution in [-0.4, -0.2) is 17.1 Å². The van der Waals surface area contributed by atoms with E-state index in [0.29, 0.717) is 11.0 Å². The Kier molecular flexibility index (Phi) is 3.79. The highest BCUT2D eigenvalue weighted by atomic mass is 79.9. The van der Waals surface area contributed by atoms with Crippen molar-refractivity contribution in [2.75, 3.05) is 0 Å². The van der Waals surface area contributed by atoms with E-state index in [0.717, 1.165) is 18.4 Å². The van der Waals surface area contributed by atoms with Crippen molar-refractivity contribution in [2.45, 2.75) is 25.4 Å². The van der Waals surface area contributed by atoms with Crippen molar-refractivity contribution in [3.63, 3.8) is 0 Å². The number of nitrogens with one attached hydrogen (secondary N) is 1. The van der Waals surface area contributed by atoms with Crippen molar-refractivity contribution in [1.29, 1.82) is 0 Å². The SMILES string of the molecule is O=C(O)C(NCc1ccc(F)cc1Br)C1CC1. The van der Waals surface area contributed by atoms with E-state index in [1.807, 2.05) is 0 Å². The molecule has 0 aliphatic heterocycles. The molecule has 1 atom stereocenters. The molecule has 0 amide bonds. The highest BCUT2D eigenvalue weighted by molar-refractivity contribution is 9.10. The molecule has 0 bridgehead atoms. The molecule has 1 aliphatic carbocycles. The number of aliphatic carboxylic acids is 1. The lowest BCUT2D eigenvalue weighted by molar-refractivity contribution is -0.140. The molecule has 0 heterocycles. The number of benzene rings is 1. The summed E-state index contributed by atoms with van der Waals surface area (Å²) in [5.74, 6) is -0.880. The molecule has 1 saturated carbocycles. The summed E-state index contributed by atoms with van der Waals surface area (Å²) >= 11 is 3.26. The lowest BCUT2D eigenvalue weighted by Crippen LogP contribution is -2.38. The van der Waals surface area contributed by atoms with E-state index >= 15 is 0 Å². The average molecular weight is 302 g/mol. The van der Waals surface area contributed by atoms with Gasteiger partial charge in [0.15, 0.2) is 0 Å². The van der Waals surface area contributed by atoms with Crippen molar-refractivity contribution in [3.05, 3.63) is 34.1 Å². The molecule has 1 aliphatic rings. The summed E-state index contributed by atoms with van der Waals surface area (Å²) < 4.78 is 13.5. The van der Waals surface area contributed by atoms with E-state index < -0.39 is 12.0 Å². The zero-order chi connectivity index (χ0) is 12.4. The predicted molar refractivity (Wildman–Crippen MR) is 65.1 cm³/mol. The van der Waals surface area contributed by atoms with Crippen molar-refractivity contribution < 1.29 is 14.3 Å². The normalized spacial score (nSPS) is 16.8. The molecule has 1 aromatic carbocycles. The Morgan fingerprint density at radius 2 is 2.29 bits per heavy atom. The first kappa shape index (κ1) is 12.5. The maximum atomic E-state index is 12.9. The third kappa shape index (κ3) is 3.26. The van der Waals surface area contributed by atoms with Crippen LogP contribution in [-0.2, 0) is 11.3 Å². The van der Waals surface area contributed by atoms with Gasteiger partial charge >= 0.3 is 5.97 Å². The highest BCUT2D eigenvalue weighted by Gasteiger charge is 2.35. The fourth-order valence-corrected chi connectivity index (χ4v) is 2.26. The zero-order valence-electron chi connectivity index (χ0n) is 9.12. The summed E-state index contributed by atoms with van der Waals surface area (Å²) in [6.45, 7) is 0.425. The van der Waals surface area contributed by atoms with Crippen LogP contribution in [0, 0.1) is 11.7 Å². The smallest absolute Gasteiger partial charge is 0.320 e. The second-order valence-electron chi connectivity index (χ2n) is 4.27. The molecule has 1 fully saturated rings. The van der Waals surface area contributed by atoms with Gasteiger partial charge in [-0.1, -0.05) is 22.0 Å². The summed E-state index contributed by atoms with van der Waals surface area (Å²) in [5.41, 5.74) is 0.860. The van der Waals surface area contributed by atoms with Crippen LogP contribution in [0.1, 0.15) is 18.4 Å². The number of carboxylic acids is 1. The Morgan fingerprint density at radius 1 is 1.59 bits per heavy atom. The third-order valence-electron chi connectivity index (χ3n) is 2.89. The molecule has 1 unspecified atom stereocenters. The maximum Gasteiger partial charge on any atom is 0.320 e. The first-order chi connectivity index (χ1) is 8.08. The first-order valence-corrected chi connectivity index (χ1v) is 6.27. The van der Waals surface area contributed by atoms with Gasteiger partial charge in [-0.25, -0.2) is 4.39 Å². The topological polar surface area (TPSA) is 49.3 Å². The Labute approximate surface area is 107 Å². The molecular weight excluding hydrogens is 289 g/mol.